The van der Waals surface area contributed by atoms with Gasteiger partial charge in [0.15, 0.2) is 16.7 Å². The van der Waals surface area contributed by atoms with E-state index in [9.17, 15) is 8.78 Å². The highest BCUT2D eigenvalue weighted by molar-refractivity contribution is 7.80. The molecule has 20 heavy (non-hydrogen) atoms. The number of benzene rings is 1. The molecule has 0 aliphatic heterocycles. The van der Waals surface area contributed by atoms with Crippen LogP contribution in [-0.4, -0.2) is 10.7 Å². The van der Waals surface area contributed by atoms with Gasteiger partial charge in [-0.05, 0) is 43.1 Å². The summed E-state index contributed by atoms with van der Waals surface area (Å²) in [4.78, 5) is 0. The molecule has 0 bridgehead atoms. The van der Waals surface area contributed by atoms with E-state index >= 15 is 0 Å². The fraction of sp³-hybridized carbons (Fsp3) is 0.533. The van der Waals surface area contributed by atoms with Crippen LogP contribution in [0.1, 0.15) is 39.5 Å². The summed E-state index contributed by atoms with van der Waals surface area (Å²) in [5, 5.41) is 6.77. The number of thiocarbonyl (C=S) groups is 1. The van der Waals surface area contributed by atoms with Crippen LogP contribution in [0.3, 0.4) is 0 Å². The standard InChI is InChI=1S/C15H20F2N2S/c1-10(2)15(7-3-4-8-15)19-14(20)18-11-5-6-12(16)13(17)9-11/h5-6,9-10H,3-4,7-8H2,1-2H3,(H2,18,19,20). The minimum Gasteiger partial charge on any atom is -0.357 e. The molecule has 2 N–H and O–H groups in total. The minimum atomic E-state index is -0.878. The van der Waals surface area contributed by atoms with Crippen LogP contribution in [0.2, 0.25) is 0 Å². The third-order valence-electron chi connectivity index (χ3n) is 4.14. The summed E-state index contributed by atoms with van der Waals surface area (Å²) in [7, 11) is 0. The predicted octanol–water partition coefficient (Wildman–Crippen LogP) is 4.22. The quantitative estimate of drug-likeness (QED) is 0.817. The van der Waals surface area contributed by atoms with Crippen molar-refractivity contribution in [3.8, 4) is 0 Å². The van der Waals surface area contributed by atoms with E-state index in [1.807, 2.05) is 0 Å². The number of anilines is 1. The highest BCUT2D eigenvalue weighted by atomic mass is 32.1. The molecule has 110 valence electrons. The van der Waals surface area contributed by atoms with Crippen LogP contribution < -0.4 is 10.6 Å². The molecule has 0 heterocycles. The van der Waals surface area contributed by atoms with Gasteiger partial charge in [0.1, 0.15) is 0 Å². The fourth-order valence-corrected chi connectivity index (χ4v) is 3.14. The third kappa shape index (κ3) is 3.26. The van der Waals surface area contributed by atoms with Crippen molar-refractivity contribution >= 4 is 23.0 Å². The van der Waals surface area contributed by atoms with Gasteiger partial charge in [-0.1, -0.05) is 26.7 Å². The predicted molar refractivity (Wildman–Crippen MR) is 81.8 cm³/mol. The average Bonchev–Trinajstić information content (AvgIpc) is 2.83. The highest BCUT2D eigenvalue weighted by Gasteiger charge is 2.37. The van der Waals surface area contributed by atoms with E-state index in [0.29, 0.717) is 16.7 Å². The van der Waals surface area contributed by atoms with Crippen LogP contribution in [0.25, 0.3) is 0 Å². The second kappa shape index (κ2) is 6.04. The van der Waals surface area contributed by atoms with Gasteiger partial charge in [0.2, 0.25) is 0 Å². The molecule has 0 unspecified atom stereocenters. The van der Waals surface area contributed by atoms with E-state index in [0.717, 1.165) is 25.0 Å². The zero-order valence-electron chi connectivity index (χ0n) is 11.8. The van der Waals surface area contributed by atoms with Crippen molar-refractivity contribution < 1.29 is 8.78 Å². The van der Waals surface area contributed by atoms with Crippen molar-refractivity contribution in [3.05, 3.63) is 29.8 Å². The van der Waals surface area contributed by atoms with Crippen molar-refractivity contribution in [1.29, 1.82) is 0 Å². The van der Waals surface area contributed by atoms with Gasteiger partial charge >= 0.3 is 0 Å². The zero-order valence-corrected chi connectivity index (χ0v) is 12.6. The molecule has 1 fully saturated rings. The summed E-state index contributed by atoms with van der Waals surface area (Å²) in [5.74, 6) is -1.27. The molecular weight excluding hydrogens is 278 g/mol. The lowest BCUT2D eigenvalue weighted by atomic mass is 9.85. The number of hydrogen-bond acceptors (Lipinski definition) is 1. The Morgan fingerprint density at radius 2 is 1.85 bits per heavy atom. The summed E-state index contributed by atoms with van der Waals surface area (Å²) in [6.07, 6.45) is 4.56. The van der Waals surface area contributed by atoms with Crippen molar-refractivity contribution in [2.45, 2.75) is 45.1 Å². The maximum Gasteiger partial charge on any atom is 0.171 e. The Kier molecular flexibility index (Phi) is 4.58. The average molecular weight is 298 g/mol. The lowest BCUT2D eigenvalue weighted by molar-refractivity contribution is 0.283. The molecule has 1 aromatic rings. The molecule has 2 nitrogen and oxygen atoms in total. The normalized spacial score (nSPS) is 17.2. The maximum atomic E-state index is 13.2. The summed E-state index contributed by atoms with van der Waals surface area (Å²) in [6, 6.07) is 3.68. The van der Waals surface area contributed by atoms with Gasteiger partial charge < -0.3 is 10.6 Å². The van der Waals surface area contributed by atoms with Gasteiger partial charge in [0.25, 0.3) is 0 Å². The van der Waals surface area contributed by atoms with Crippen LogP contribution in [-0.2, 0) is 0 Å². The van der Waals surface area contributed by atoms with Gasteiger partial charge in [-0.3, -0.25) is 0 Å². The van der Waals surface area contributed by atoms with E-state index in [4.69, 9.17) is 12.2 Å². The van der Waals surface area contributed by atoms with Crippen LogP contribution in [0.5, 0.6) is 0 Å². The third-order valence-corrected chi connectivity index (χ3v) is 4.35. The monoisotopic (exact) mass is 298 g/mol. The number of rotatable bonds is 3. The number of hydrogen-bond donors (Lipinski definition) is 2. The van der Waals surface area contributed by atoms with Crippen LogP contribution >= 0.6 is 12.2 Å². The molecule has 5 heteroatoms. The van der Waals surface area contributed by atoms with Gasteiger partial charge in [0.05, 0.1) is 0 Å². The Morgan fingerprint density at radius 3 is 2.40 bits per heavy atom. The van der Waals surface area contributed by atoms with Gasteiger partial charge in [-0.25, -0.2) is 8.78 Å². The summed E-state index contributed by atoms with van der Waals surface area (Å²) in [5.41, 5.74) is 0.473. The molecule has 0 spiro atoms. The van der Waals surface area contributed by atoms with E-state index in [1.165, 1.54) is 18.9 Å². The van der Waals surface area contributed by atoms with Crippen molar-refractivity contribution in [2.24, 2.45) is 5.92 Å². The smallest absolute Gasteiger partial charge is 0.171 e. The molecule has 2 rings (SSSR count). The Balaban J connectivity index is 2.03. The molecule has 0 radical (unpaired) electrons. The largest absolute Gasteiger partial charge is 0.357 e. The fourth-order valence-electron chi connectivity index (χ4n) is 2.81. The maximum absolute atomic E-state index is 13.2. The first-order valence-corrected chi connectivity index (χ1v) is 7.38. The van der Waals surface area contributed by atoms with E-state index < -0.39 is 11.6 Å². The molecule has 1 aliphatic carbocycles. The molecular formula is C15H20F2N2S. The van der Waals surface area contributed by atoms with Gasteiger partial charge in [0, 0.05) is 17.3 Å². The zero-order chi connectivity index (χ0) is 14.8. The second-order valence-electron chi connectivity index (χ2n) is 5.73. The Bertz CT molecular complexity index is 497. The van der Waals surface area contributed by atoms with E-state index in [-0.39, 0.29) is 5.54 Å². The van der Waals surface area contributed by atoms with Crippen molar-refractivity contribution in [1.82, 2.24) is 5.32 Å². The van der Waals surface area contributed by atoms with E-state index in [2.05, 4.69) is 24.5 Å². The lowest BCUT2D eigenvalue weighted by Crippen LogP contribution is -2.51. The SMILES string of the molecule is CC(C)C1(NC(=S)Nc2ccc(F)c(F)c2)CCCC1. The van der Waals surface area contributed by atoms with Gasteiger partial charge in [-0.15, -0.1) is 0 Å². The Hall–Kier alpha value is -1.23. The van der Waals surface area contributed by atoms with E-state index in [1.54, 1.807) is 0 Å². The Labute approximate surface area is 123 Å². The lowest BCUT2D eigenvalue weighted by Gasteiger charge is -2.35. The number of nitrogens with one attached hydrogen (secondary N) is 2. The summed E-state index contributed by atoms with van der Waals surface area (Å²) in [6.45, 7) is 4.36. The van der Waals surface area contributed by atoms with Gasteiger partial charge in [-0.2, -0.15) is 0 Å². The Morgan fingerprint density at radius 1 is 1.20 bits per heavy atom. The van der Waals surface area contributed by atoms with Crippen molar-refractivity contribution in [3.63, 3.8) is 0 Å². The first-order chi connectivity index (χ1) is 9.43. The number of halogens is 2. The molecule has 0 amide bonds. The molecule has 0 atom stereocenters. The van der Waals surface area contributed by atoms with Crippen LogP contribution in [0, 0.1) is 17.6 Å². The highest BCUT2D eigenvalue weighted by Crippen LogP contribution is 2.35. The first kappa shape index (κ1) is 15.2. The summed E-state index contributed by atoms with van der Waals surface area (Å²) < 4.78 is 26.0. The molecule has 1 saturated carbocycles. The molecule has 1 aromatic carbocycles. The van der Waals surface area contributed by atoms with Crippen LogP contribution in [0.4, 0.5) is 14.5 Å². The second-order valence-corrected chi connectivity index (χ2v) is 6.13. The van der Waals surface area contributed by atoms with Crippen LogP contribution in [0.15, 0.2) is 18.2 Å². The molecule has 0 saturated heterocycles. The minimum absolute atomic E-state index is 0.0165. The topological polar surface area (TPSA) is 24.1 Å². The first-order valence-electron chi connectivity index (χ1n) is 6.97. The van der Waals surface area contributed by atoms with Crippen molar-refractivity contribution in [2.75, 3.05) is 5.32 Å². The molecule has 1 aliphatic rings. The molecule has 0 aromatic heterocycles. The summed E-state index contributed by atoms with van der Waals surface area (Å²) >= 11 is 5.30.